The summed E-state index contributed by atoms with van der Waals surface area (Å²) in [5.41, 5.74) is 12.1. The fourth-order valence-electron chi connectivity index (χ4n) is 6.43. The Balaban J connectivity index is 1.61. The Labute approximate surface area is 177 Å². The van der Waals surface area contributed by atoms with Crippen LogP contribution in [0.4, 0.5) is 0 Å². The van der Waals surface area contributed by atoms with Gasteiger partial charge < -0.3 is 0 Å². The van der Waals surface area contributed by atoms with Gasteiger partial charge in [0.2, 0.25) is 0 Å². The summed E-state index contributed by atoms with van der Waals surface area (Å²) in [5.74, 6) is 0. The maximum atomic E-state index is 2.68. The molecule has 0 nitrogen and oxygen atoms in total. The Morgan fingerprint density at radius 1 is 0.414 bits per heavy atom. The van der Waals surface area contributed by atoms with E-state index in [2.05, 4.69) is 106 Å². The number of fused-ring (bicyclic) bond motifs is 6. The molecule has 0 fully saturated rings. The summed E-state index contributed by atoms with van der Waals surface area (Å²) in [6, 6.07) is 36.6. The van der Waals surface area contributed by atoms with Gasteiger partial charge in [-0.1, -0.05) is 0 Å². The van der Waals surface area contributed by atoms with Crippen LogP contribution in [0.1, 0.15) is 29.6 Å². The van der Waals surface area contributed by atoms with Gasteiger partial charge in [0.25, 0.3) is 0 Å². The molecule has 2 aliphatic carbocycles. The first kappa shape index (κ1) is 17.6. The van der Waals surface area contributed by atoms with Gasteiger partial charge in [0.1, 0.15) is 0 Å². The average Bonchev–Trinajstić information content (AvgIpc) is 3.28. The molecule has 0 saturated heterocycles. The first-order valence-corrected chi connectivity index (χ1v) is 16.5. The van der Waals surface area contributed by atoms with E-state index in [-0.39, 0.29) is 0 Å². The summed E-state index contributed by atoms with van der Waals surface area (Å²) in [4.78, 5) is 0. The molecule has 0 aliphatic heterocycles. The van der Waals surface area contributed by atoms with Crippen LogP contribution in [0.25, 0.3) is 22.3 Å². The second-order valence-corrected chi connectivity index (χ2v) is 18.1. The number of rotatable bonds is 2. The summed E-state index contributed by atoms with van der Waals surface area (Å²) >= 11 is -2.71. The summed E-state index contributed by atoms with van der Waals surface area (Å²) in [6.07, 6.45) is 0. The van der Waals surface area contributed by atoms with Gasteiger partial charge in [-0.2, -0.15) is 0 Å². The monoisotopic (exact) mass is 405 g/mol. The third-order valence-electron chi connectivity index (χ3n) is 7.48. The van der Waals surface area contributed by atoms with Crippen LogP contribution in [0, 0.1) is 0 Å². The van der Waals surface area contributed by atoms with Crippen LogP contribution < -0.4 is 0 Å². The predicted molar refractivity (Wildman–Crippen MR) is 119 cm³/mol. The molecule has 0 aromatic heterocycles. The SMILES string of the molecule is [CH3][Sc]([CH3])([CH]1c2ccccc2-c2ccccc21)[CH]1c2ccccc2-c2ccccc21. The first-order chi connectivity index (χ1) is 14.2. The van der Waals surface area contributed by atoms with Crippen LogP contribution in [0.5, 0.6) is 0 Å². The van der Waals surface area contributed by atoms with Gasteiger partial charge in [-0.25, -0.2) is 0 Å². The van der Waals surface area contributed by atoms with Gasteiger partial charge in [0.15, 0.2) is 0 Å². The summed E-state index contributed by atoms with van der Waals surface area (Å²) in [5, 5.41) is 0. The third-order valence-corrected chi connectivity index (χ3v) is 15.1. The summed E-state index contributed by atoms with van der Waals surface area (Å²) < 4.78 is 6.51. The molecule has 4 aromatic rings. The van der Waals surface area contributed by atoms with Gasteiger partial charge in [-0.3, -0.25) is 0 Å². The van der Waals surface area contributed by atoms with Crippen LogP contribution in [0.15, 0.2) is 97.1 Å². The molecule has 0 heterocycles. The molecule has 4 aromatic carbocycles. The van der Waals surface area contributed by atoms with Gasteiger partial charge in [-0.15, -0.1) is 0 Å². The number of benzene rings is 4. The summed E-state index contributed by atoms with van der Waals surface area (Å²) in [6.45, 7) is 0. The Hall–Kier alpha value is -2.25. The standard InChI is InChI=1S/2C13H9.2CH3.Sc/c2*1-3-7-12-10(5-1)9-11-6-2-4-8-13(11)12;;;/h2*1-9H;2*1H3;. The van der Waals surface area contributed by atoms with Gasteiger partial charge in [-0.05, 0) is 0 Å². The predicted octanol–water partition coefficient (Wildman–Crippen LogP) is 7.78. The van der Waals surface area contributed by atoms with Crippen LogP contribution in [0.3, 0.4) is 0 Å². The molecular weight excluding hydrogens is 381 g/mol. The van der Waals surface area contributed by atoms with Crippen molar-refractivity contribution in [1.29, 1.82) is 0 Å². The third kappa shape index (κ3) is 2.40. The van der Waals surface area contributed by atoms with E-state index in [1.54, 1.807) is 22.3 Å². The van der Waals surface area contributed by atoms with E-state index in [1.807, 2.05) is 0 Å². The van der Waals surface area contributed by atoms with Crippen LogP contribution in [-0.2, 0) is 20.0 Å². The Bertz CT molecular complexity index is 1060. The van der Waals surface area contributed by atoms with E-state index in [9.17, 15) is 0 Å². The van der Waals surface area contributed by atoms with Crippen molar-refractivity contribution < 1.29 is 20.0 Å². The van der Waals surface area contributed by atoms with Crippen molar-refractivity contribution in [2.45, 2.75) is 16.7 Å². The fraction of sp³-hybridized carbons (Fsp3) is 0.143. The van der Waals surface area contributed by atoms with Crippen LogP contribution >= 0.6 is 0 Å². The maximum absolute atomic E-state index is 2.71. The van der Waals surface area contributed by atoms with Crippen molar-refractivity contribution in [2.24, 2.45) is 0 Å². The van der Waals surface area contributed by atoms with Gasteiger partial charge in [0.05, 0.1) is 0 Å². The first-order valence-electron chi connectivity index (χ1n) is 10.8. The normalized spacial score (nSPS) is 15.0. The fourth-order valence-corrected chi connectivity index (χ4v) is 14.6. The average molecular weight is 405 g/mol. The van der Waals surface area contributed by atoms with E-state index in [1.165, 1.54) is 22.3 Å². The zero-order chi connectivity index (χ0) is 19.6. The minimum atomic E-state index is -2.71. The molecule has 139 valence electrons. The van der Waals surface area contributed by atoms with Crippen molar-refractivity contribution in [2.75, 3.05) is 0 Å². The Morgan fingerprint density at radius 2 is 0.655 bits per heavy atom. The van der Waals surface area contributed by atoms with Crippen molar-refractivity contribution >= 4 is 0 Å². The molecule has 0 atom stereocenters. The van der Waals surface area contributed by atoms with Crippen LogP contribution in [-0.4, -0.2) is 0 Å². The van der Waals surface area contributed by atoms with Crippen LogP contribution in [0.2, 0.25) is 9.36 Å². The molecule has 0 unspecified atom stereocenters. The minimum absolute atomic E-state index is 0.577. The zero-order valence-corrected chi connectivity index (χ0v) is 18.8. The van der Waals surface area contributed by atoms with Crippen molar-refractivity contribution in [1.82, 2.24) is 0 Å². The van der Waals surface area contributed by atoms with Crippen molar-refractivity contribution in [3.63, 3.8) is 0 Å². The molecule has 0 saturated carbocycles. The molecule has 0 amide bonds. The molecule has 6 rings (SSSR count). The molecule has 0 N–H and O–H groups in total. The van der Waals surface area contributed by atoms with E-state index in [4.69, 9.17) is 0 Å². The second kappa shape index (κ2) is 6.37. The molecule has 0 radical (unpaired) electrons. The zero-order valence-electron chi connectivity index (χ0n) is 17.0. The number of hydrogen-bond acceptors (Lipinski definition) is 0. The van der Waals surface area contributed by atoms with E-state index in [0.29, 0.717) is 7.35 Å². The molecular formula is C28H24Sc. The topological polar surface area (TPSA) is 0 Å². The summed E-state index contributed by atoms with van der Waals surface area (Å²) in [7, 11) is 0. The van der Waals surface area contributed by atoms with Gasteiger partial charge >= 0.3 is 178 Å². The Morgan fingerprint density at radius 3 is 0.931 bits per heavy atom. The number of hydrogen-bond donors (Lipinski definition) is 0. The molecule has 29 heavy (non-hydrogen) atoms. The quantitative estimate of drug-likeness (QED) is 0.319. The Kier molecular flexibility index (Phi) is 3.87. The van der Waals surface area contributed by atoms with E-state index < -0.39 is 20.0 Å². The molecule has 0 spiro atoms. The van der Waals surface area contributed by atoms with E-state index >= 15 is 0 Å². The molecule has 2 aliphatic rings. The molecule has 0 bridgehead atoms. The van der Waals surface area contributed by atoms with Crippen molar-refractivity contribution in [3.8, 4) is 22.3 Å². The van der Waals surface area contributed by atoms with Gasteiger partial charge in [0, 0.05) is 0 Å². The molecule has 1 heteroatoms. The van der Waals surface area contributed by atoms with E-state index in [0.717, 1.165) is 0 Å². The second-order valence-electron chi connectivity index (χ2n) is 9.41. The van der Waals surface area contributed by atoms with Crippen molar-refractivity contribution in [3.05, 3.63) is 119 Å².